The lowest BCUT2D eigenvalue weighted by Crippen LogP contribution is -2.30. The molecule has 1 aromatic rings. The number of carbonyl (C=O) groups is 1. The fraction of sp³-hybridized carbons (Fsp3) is 0.529. The molecule has 0 aliphatic heterocycles. The van der Waals surface area contributed by atoms with Crippen LogP contribution in [0.2, 0.25) is 0 Å². The molecule has 0 aromatic heterocycles. The molecule has 0 aliphatic carbocycles. The number of rotatable bonds is 9. The molecule has 0 bridgehead atoms. The van der Waals surface area contributed by atoms with E-state index in [1.54, 1.807) is 12.1 Å². The van der Waals surface area contributed by atoms with E-state index in [0.29, 0.717) is 40.6 Å². The Kier molecular flexibility index (Phi) is 8.49. The minimum absolute atomic E-state index is 0.0910. The Morgan fingerprint density at radius 3 is 2.74 bits per heavy atom. The molecule has 0 atom stereocenters. The second-order valence-electron chi connectivity index (χ2n) is 5.50. The van der Waals surface area contributed by atoms with Gasteiger partial charge in [-0.25, -0.2) is 0 Å². The second-order valence-corrected chi connectivity index (χ2v) is 6.36. The van der Waals surface area contributed by atoms with Crippen LogP contribution in [-0.4, -0.2) is 25.7 Å². The number of benzene rings is 1. The summed E-state index contributed by atoms with van der Waals surface area (Å²) in [5, 5.41) is 11.8. The summed E-state index contributed by atoms with van der Waals surface area (Å²) in [5.74, 6) is 1.34. The number of carbonyl (C=O) groups excluding carboxylic acids is 1. The molecule has 126 valence electrons. The van der Waals surface area contributed by atoms with Crippen LogP contribution < -0.4 is 14.8 Å². The highest BCUT2D eigenvalue weighted by Crippen LogP contribution is 2.36. The van der Waals surface area contributed by atoms with Crippen LogP contribution in [-0.2, 0) is 4.79 Å². The Hall–Kier alpha value is -1.74. The molecule has 1 N–H and O–H groups in total. The lowest BCUT2D eigenvalue weighted by atomic mass is 10.1. The van der Waals surface area contributed by atoms with Gasteiger partial charge in [0.2, 0.25) is 0 Å². The van der Waals surface area contributed by atoms with Crippen LogP contribution in [0.25, 0.3) is 0 Å². The molecule has 1 rings (SSSR count). The number of hydrogen-bond donors (Lipinski definition) is 1. The molecular formula is C17H23BrN2O3. The van der Waals surface area contributed by atoms with Crippen molar-refractivity contribution in [2.45, 2.75) is 33.6 Å². The smallest absolute Gasteiger partial charge is 0.257 e. The van der Waals surface area contributed by atoms with Crippen molar-refractivity contribution < 1.29 is 14.3 Å². The van der Waals surface area contributed by atoms with Crippen LogP contribution in [0.3, 0.4) is 0 Å². The van der Waals surface area contributed by atoms with Crippen molar-refractivity contribution in [1.82, 2.24) is 5.32 Å². The number of nitriles is 1. The summed E-state index contributed by atoms with van der Waals surface area (Å²) in [6.07, 6.45) is 2.03. The first-order valence-corrected chi connectivity index (χ1v) is 8.53. The number of ether oxygens (including phenoxy) is 2. The topological polar surface area (TPSA) is 71.3 Å². The summed E-state index contributed by atoms with van der Waals surface area (Å²) in [7, 11) is 0. The number of hydrogen-bond acceptors (Lipinski definition) is 4. The van der Waals surface area contributed by atoms with E-state index in [-0.39, 0.29) is 12.5 Å². The van der Waals surface area contributed by atoms with Gasteiger partial charge < -0.3 is 14.8 Å². The zero-order valence-electron chi connectivity index (χ0n) is 13.8. The predicted molar refractivity (Wildman–Crippen MR) is 92.6 cm³/mol. The second kappa shape index (κ2) is 10.1. The van der Waals surface area contributed by atoms with Gasteiger partial charge in [-0.1, -0.05) is 13.8 Å². The third-order valence-corrected chi connectivity index (χ3v) is 3.66. The molecule has 0 radical (unpaired) electrons. The van der Waals surface area contributed by atoms with Crippen molar-refractivity contribution in [3.63, 3.8) is 0 Å². The summed E-state index contributed by atoms with van der Waals surface area (Å²) < 4.78 is 11.6. The Balaban J connectivity index is 2.59. The lowest BCUT2D eigenvalue weighted by Gasteiger charge is -2.14. The average molecular weight is 383 g/mol. The molecule has 5 nitrogen and oxygen atoms in total. The van der Waals surface area contributed by atoms with Gasteiger partial charge in [0.15, 0.2) is 18.1 Å². The van der Waals surface area contributed by atoms with Gasteiger partial charge in [0, 0.05) is 12.6 Å². The molecule has 0 aliphatic rings. The monoisotopic (exact) mass is 382 g/mol. The van der Waals surface area contributed by atoms with Crippen LogP contribution in [0.15, 0.2) is 16.6 Å². The summed E-state index contributed by atoms with van der Waals surface area (Å²) in [6.45, 7) is 7.15. The third kappa shape index (κ3) is 6.91. The molecule has 0 saturated carbocycles. The van der Waals surface area contributed by atoms with Gasteiger partial charge in [-0.2, -0.15) is 5.26 Å². The maximum absolute atomic E-state index is 11.8. The van der Waals surface area contributed by atoms with E-state index in [9.17, 15) is 4.79 Å². The summed E-state index contributed by atoms with van der Waals surface area (Å²) in [4.78, 5) is 11.8. The molecule has 0 heterocycles. The van der Waals surface area contributed by atoms with E-state index >= 15 is 0 Å². The van der Waals surface area contributed by atoms with Crippen LogP contribution in [0, 0.1) is 17.2 Å². The van der Waals surface area contributed by atoms with Crippen molar-refractivity contribution in [3.8, 4) is 17.6 Å². The van der Waals surface area contributed by atoms with E-state index in [4.69, 9.17) is 14.7 Å². The summed E-state index contributed by atoms with van der Waals surface area (Å²) in [6, 6.07) is 5.30. The van der Waals surface area contributed by atoms with Crippen LogP contribution in [0.1, 0.15) is 39.2 Å². The number of halogens is 1. The summed E-state index contributed by atoms with van der Waals surface area (Å²) >= 11 is 3.35. The zero-order valence-corrected chi connectivity index (χ0v) is 15.4. The molecule has 6 heteroatoms. The minimum Gasteiger partial charge on any atom is -0.490 e. The number of amides is 1. The highest BCUT2D eigenvalue weighted by molar-refractivity contribution is 9.10. The molecule has 0 unspecified atom stereocenters. The molecule has 1 aromatic carbocycles. The SMILES string of the molecule is CCOc1cc(C#N)cc(Br)c1OCC(=O)NCCCC(C)C. The van der Waals surface area contributed by atoms with Crippen molar-refractivity contribution in [2.24, 2.45) is 5.92 Å². The lowest BCUT2D eigenvalue weighted by molar-refractivity contribution is -0.123. The van der Waals surface area contributed by atoms with Gasteiger partial charge in [0.1, 0.15) is 0 Å². The standard InChI is InChI=1S/C17H23BrN2O3/c1-4-22-15-9-13(10-19)8-14(18)17(15)23-11-16(21)20-7-5-6-12(2)3/h8-9,12H,4-7,11H2,1-3H3,(H,20,21). The van der Waals surface area contributed by atoms with E-state index < -0.39 is 0 Å². The van der Waals surface area contributed by atoms with Gasteiger partial charge in [0.05, 0.1) is 22.7 Å². The van der Waals surface area contributed by atoms with Gasteiger partial charge in [-0.15, -0.1) is 0 Å². The van der Waals surface area contributed by atoms with E-state index in [0.717, 1.165) is 12.8 Å². The first kappa shape index (κ1) is 19.3. The van der Waals surface area contributed by atoms with Crippen LogP contribution in [0.4, 0.5) is 0 Å². The van der Waals surface area contributed by atoms with Gasteiger partial charge in [-0.05, 0) is 47.7 Å². The molecule has 0 fully saturated rings. The zero-order chi connectivity index (χ0) is 17.2. The molecule has 0 saturated heterocycles. The molecular weight excluding hydrogens is 360 g/mol. The van der Waals surface area contributed by atoms with Crippen molar-refractivity contribution in [1.29, 1.82) is 5.26 Å². The molecule has 0 spiro atoms. The highest BCUT2D eigenvalue weighted by Gasteiger charge is 2.14. The molecule has 23 heavy (non-hydrogen) atoms. The number of nitrogens with zero attached hydrogens (tertiary/aromatic N) is 1. The number of nitrogens with one attached hydrogen (secondary N) is 1. The quantitative estimate of drug-likeness (QED) is 0.661. The largest absolute Gasteiger partial charge is 0.490 e. The van der Waals surface area contributed by atoms with Gasteiger partial charge in [-0.3, -0.25) is 4.79 Å². The van der Waals surface area contributed by atoms with Crippen LogP contribution in [0.5, 0.6) is 11.5 Å². The van der Waals surface area contributed by atoms with Crippen molar-refractivity contribution >= 4 is 21.8 Å². The first-order valence-electron chi connectivity index (χ1n) is 7.73. The van der Waals surface area contributed by atoms with Crippen molar-refractivity contribution in [2.75, 3.05) is 19.8 Å². The summed E-state index contributed by atoms with van der Waals surface area (Å²) in [5.41, 5.74) is 0.464. The van der Waals surface area contributed by atoms with E-state index in [2.05, 4.69) is 41.2 Å². The Morgan fingerprint density at radius 2 is 2.13 bits per heavy atom. The molecule has 1 amide bonds. The van der Waals surface area contributed by atoms with Crippen LogP contribution >= 0.6 is 15.9 Å². The highest BCUT2D eigenvalue weighted by atomic mass is 79.9. The fourth-order valence-electron chi connectivity index (χ4n) is 1.96. The fourth-order valence-corrected chi connectivity index (χ4v) is 2.52. The van der Waals surface area contributed by atoms with Crippen molar-refractivity contribution in [3.05, 3.63) is 22.2 Å². The Bertz CT molecular complexity index is 568. The first-order chi connectivity index (χ1) is 11.0. The maximum atomic E-state index is 11.8. The van der Waals surface area contributed by atoms with Gasteiger partial charge in [0.25, 0.3) is 5.91 Å². The van der Waals surface area contributed by atoms with E-state index in [1.807, 2.05) is 6.92 Å². The maximum Gasteiger partial charge on any atom is 0.257 e. The average Bonchev–Trinajstić information content (AvgIpc) is 2.50. The predicted octanol–water partition coefficient (Wildman–Crippen LogP) is 3.65. The minimum atomic E-state index is -0.174. The Labute approximate surface area is 146 Å². The normalized spacial score (nSPS) is 10.3. The van der Waals surface area contributed by atoms with Gasteiger partial charge >= 0.3 is 0 Å². The van der Waals surface area contributed by atoms with E-state index in [1.165, 1.54) is 0 Å². The Morgan fingerprint density at radius 1 is 1.39 bits per heavy atom. The third-order valence-electron chi connectivity index (χ3n) is 3.07.